The van der Waals surface area contributed by atoms with E-state index >= 15 is 0 Å². The normalized spacial score (nSPS) is 16.7. The van der Waals surface area contributed by atoms with E-state index < -0.39 is 5.91 Å². The number of amides is 1. The van der Waals surface area contributed by atoms with Gasteiger partial charge < -0.3 is 10.6 Å². The molecule has 2 heterocycles. The molecule has 1 aromatic heterocycles. The van der Waals surface area contributed by atoms with E-state index in [1.807, 2.05) is 16.8 Å². The summed E-state index contributed by atoms with van der Waals surface area (Å²) < 4.78 is 1.90. The number of nitrogens with one attached hydrogen (secondary N) is 2. The van der Waals surface area contributed by atoms with Gasteiger partial charge in [0.2, 0.25) is 0 Å². The highest BCUT2D eigenvalue weighted by atomic mass is 16.1. The third-order valence-corrected chi connectivity index (χ3v) is 2.67. The van der Waals surface area contributed by atoms with Crippen molar-refractivity contribution in [3.63, 3.8) is 0 Å². The quantitative estimate of drug-likeness (QED) is 0.705. The molecule has 0 unspecified atom stereocenters. The van der Waals surface area contributed by atoms with Gasteiger partial charge in [0.1, 0.15) is 0 Å². The fourth-order valence-electron chi connectivity index (χ4n) is 1.84. The average molecular weight is 218 g/mol. The summed E-state index contributed by atoms with van der Waals surface area (Å²) in [6, 6.07) is 0.415. The molecule has 0 aliphatic carbocycles. The molecule has 84 valence electrons. The number of anilines is 1. The maximum Gasteiger partial charge on any atom is 0.300 e. The minimum Gasteiger partial charge on any atom is -0.317 e. The first-order valence-corrected chi connectivity index (χ1v) is 5.32. The highest BCUT2D eigenvalue weighted by molar-refractivity contribution is 6.03. The number of piperidine rings is 1. The number of hydrogen-bond donors (Lipinski definition) is 2. The summed E-state index contributed by atoms with van der Waals surface area (Å²) in [5, 5.41) is 10.1. The van der Waals surface area contributed by atoms with Gasteiger partial charge in [0, 0.05) is 6.20 Å². The molecule has 16 heavy (non-hydrogen) atoms. The SMILES string of the molecule is C#CC(=O)Nc1cnn(C2CCNCC2)c1. The van der Waals surface area contributed by atoms with Crippen LogP contribution < -0.4 is 10.6 Å². The van der Waals surface area contributed by atoms with Crippen molar-refractivity contribution in [1.29, 1.82) is 0 Å². The molecule has 2 rings (SSSR count). The zero-order valence-corrected chi connectivity index (χ0v) is 8.94. The highest BCUT2D eigenvalue weighted by Gasteiger charge is 2.15. The number of carbonyl (C=O) groups is 1. The first-order chi connectivity index (χ1) is 7.79. The van der Waals surface area contributed by atoms with Gasteiger partial charge >= 0.3 is 0 Å². The van der Waals surface area contributed by atoms with E-state index in [2.05, 4.69) is 15.7 Å². The van der Waals surface area contributed by atoms with Gasteiger partial charge in [-0.05, 0) is 31.9 Å². The molecule has 1 aliphatic heterocycles. The molecule has 5 heteroatoms. The standard InChI is InChI=1S/C11H14N4O/c1-2-11(16)14-9-7-13-15(8-9)10-3-5-12-6-4-10/h1,7-8,10,12H,3-6H2,(H,14,16). The van der Waals surface area contributed by atoms with Gasteiger partial charge in [-0.25, -0.2) is 0 Å². The van der Waals surface area contributed by atoms with Crippen LogP contribution >= 0.6 is 0 Å². The minimum absolute atomic E-state index is 0.415. The molecular formula is C11H14N4O. The second kappa shape index (κ2) is 4.81. The van der Waals surface area contributed by atoms with Crippen molar-refractivity contribution in [2.45, 2.75) is 18.9 Å². The van der Waals surface area contributed by atoms with Crippen LogP contribution in [0.15, 0.2) is 12.4 Å². The van der Waals surface area contributed by atoms with Gasteiger partial charge in [-0.3, -0.25) is 9.48 Å². The number of hydrogen-bond acceptors (Lipinski definition) is 3. The highest BCUT2D eigenvalue weighted by Crippen LogP contribution is 2.19. The van der Waals surface area contributed by atoms with Crippen LogP contribution in [0.1, 0.15) is 18.9 Å². The van der Waals surface area contributed by atoms with Crippen molar-refractivity contribution in [3.8, 4) is 12.3 Å². The molecule has 1 saturated heterocycles. The summed E-state index contributed by atoms with van der Waals surface area (Å²) in [6.07, 6.45) is 10.5. The Morgan fingerprint density at radius 1 is 1.62 bits per heavy atom. The van der Waals surface area contributed by atoms with E-state index in [1.54, 1.807) is 6.20 Å². The average Bonchev–Trinajstić information content (AvgIpc) is 2.78. The Hall–Kier alpha value is -1.80. The predicted octanol–water partition coefficient (Wildman–Crippen LogP) is 0.379. The molecule has 0 radical (unpaired) electrons. The number of terminal acetylenes is 1. The Labute approximate surface area is 94.2 Å². The van der Waals surface area contributed by atoms with Crippen LogP contribution in [0, 0.1) is 12.3 Å². The zero-order chi connectivity index (χ0) is 11.4. The Morgan fingerprint density at radius 3 is 3.06 bits per heavy atom. The van der Waals surface area contributed by atoms with Crippen molar-refractivity contribution in [1.82, 2.24) is 15.1 Å². The van der Waals surface area contributed by atoms with Gasteiger partial charge in [0.05, 0.1) is 17.9 Å². The Balaban J connectivity index is 2.01. The second-order valence-corrected chi connectivity index (χ2v) is 3.79. The smallest absolute Gasteiger partial charge is 0.300 e. The van der Waals surface area contributed by atoms with Crippen molar-refractivity contribution < 1.29 is 4.79 Å². The lowest BCUT2D eigenvalue weighted by atomic mass is 10.1. The maximum atomic E-state index is 11.0. The summed E-state index contributed by atoms with van der Waals surface area (Å²) in [4.78, 5) is 11.0. The molecule has 0 bridgehead atoms. The lowest BCUT2D eigenvalue weighted by Gasteiger charge is -2.22. The minimum atomic E-state index is -0.440. The van der Waals surface area contributed by atoms with E-state index in [9.17, 15) is 4.79 Å². The lowest BCUT2D eigenvalue weighted by molar-refractivity contribution is -0.111. The van der Waals surface area contributed by atoms with Gasteiger partial charge in [-0.2, -0.15) is 5.10 Å². The number of aromatic nitrogens is 2. The summed E-state index contributed by atoms with van der Waals surface area (Å²) in [5.74, 6) is 1.57. The van der Waals surface area contributed by atoms with Gasteiger partial charge in [-0.1, -0.05) is 0 Å². The van der Waals surface area contributed by atoms with E-state index in [1.165, 1.54) is 0 Å². The van der Waals surface area contributed by atoms with Crippen LogP contribution in [0.3, 0.4) is 0 Å². The van der Waals surface area contributed by atoms with Crippen LogP contribution in [-0.4, -0.2) is 28.8 Å². The molecule has 0 atom stereocenters. The molecule has 1 amide bonds. The first kappa shape index (κ1) is 10.7. The molecule has 5 nitrogen and oxygen atoms in total. The zero-order valence-electron chi connectivity index (χ0n) is 8.94. The molecule has 0 aromatic carbocycles. The fourth-order valence-corrected chi connectivity index (χ4v) is 1.84. The maximum absolute atomic E-state index is 11.0. The van der Waals surface area contributed by atoms with E-state index in [0.717, 1.165) is 25.9 Å². The Kier molecular flexibility index (Phi) is 3.22. The number of nitrogens with zero attached hydrogens (tertiary/aromatic N) is 2. The first-order valence-electron chi connectivity index (χ1n) is 5.32. The fraction of sp³-hybridized carbons (Fsp3) is 0.455. The van der Waals surface area contributed by atoms with E-state index in [0.29, 0.717) is 11.7 Å². The van der Waals surface area contributed by atoms with Crippen LogP contribution in [-0.2, 0) is 4.79 Å². The molecule has 1 aromatic rings. The van der Waals surface area contributed by atoms with Crippen molar-refractivity contribution in [2.75, 3.05) is 18.4 Å². The number of rotatable bonds is 2. The largest absolute Gasteiger partial charge is 0.317 e. The van der Waals surface area contributed by atoms with Crippen LogP contribution in [0.2, 0.25) is 0 Å². The predicted molar refractivity (Wildman–Crippen MR) is 60.8 cm³/mol. The van der Waals surface area contributed by atoms with E-state index in [-0.39, 0.29) is 0 Å². The Bertz CT molecular complexity index is 412. The summed E-state index contributed by atoms with van der Waals surface area (Å²) >= 11 is 0. The molecule has 0 saturated carbocycles. The van der Waals surface area contributed by atoms with Crippen molar-refractivity contribution >= 4 is 11.6 Å². The topological polar surface area (TPSA) is 59.0 Å². The van der Waals surface area contributed by atoms with Gasteiger partial charge in [-0.15, -0.1) is 6.42 Å². The van der Waals surface area contributed by atoms with Crippen LogP contribution in [0.25, 0.3) is 0 Å². The third kappa shape index (κ3) is 2.41. The summed E-state index contributed by atoms with van der Waals surface area (Å²) in [5.41, 5.74) is 0.654. The molecule has 1 fully saturated rings. The summed E-state index contributed by atoms with van der Waals surface area (Å²) in [6.45, 7) is 2.02. The molecule has 1 aliphatic rings. The van der Waals surface area contributed by atoms with Crippen molar-refractivity contribution in [2.24, 2.45) is 0 Å². The van der Waals surface area contributed by atoms with E-state index in [4.69, 9.17) is 6.42 Å². The second-order valence-electron chi connectivity index (χ2n) is 3.79. The van der Waals surface area contributed by atoms with Gasteiger partial charge in [0.15, 0.2) is 0 Å². The lowest BCUT2D eigenvalue weighted by Crippen LogP contribution is -2.29. The van der Waals surface area contributed by atoms with Crippen LogP contribution in [0.4, 0.5) is 5.69 Å². The third-order valence-electron chi connectivity index (χ3n) is 2.67. The molecular weight excluding hydrogens is 204 g/mol. The molecule has 0 spiro atoms. The van der Waals surface area contributed by atoms with Crippen molar-refractivity contribution in [3.05, 3.63) is 12.4 Å². The Morgan fingerprint density at radius 2 is 2.38 bits per heavy atom. The monoisotopic (exact) mass is 218 g/mol. The summed E-state index contributed by atoms with van der Waals surface area (Å²) in [7, 11) is 0. The number of carbonyl (C=O) groups excluding carboxylic acids is 1. The molecule has 2 N–H and O–H groups in total. The van der Waals surface area contributed by atoms with Gasteiger partial charge in [0.25, 0.3) is 5.91 Å². The van der Waals surface area contributed by atoms with Crippen LogP contribution in [0.5, 0.6) is 0 Å².